The Balaban J connectivity index is 1.72. The molecule has 0 unspecified atom stereocenters. The van der Waals surface area contributed by atoms with Gasteiger partial charge in [0.1, 0.15) is 0 Å². The van der Waals surface area contributed by atoms with Crippen molar-refractivity contribution in [1.82, 2.24) is 10.6 Å². The van der Waals surface area contributed by atoms with E-state index in [1.165, 1.54) is 0 Å². The molecule has 0 aromatic carbocycles. The first-order valence-electron chi connectivity index (χ1n) is 4.94. The zero-order chi connectivity index (χ0) is 9.26. The average molecular weight is 184 g/mol. The Bertz CT molecular complexity index is 204. The molecule has 1 saturated carbocycles. The summed E-state index contributed by atoms with van der Waals surface area (Å²) in [6.45, 7) is 2.75. The van der Waals surface area contributed by atoms with Crippen LogP contribution in [0.1, 0.15) is 26.2 Å². The lowest BCUT2D eigenvalue weighted by atomic mass is 10.2. The second-order valence-corrected chi connectivity index (χ2v) is 3.86. The summed E-state index contributed by atoms with van der Waals surface area (Å²) in [4.78, 5) is 11.3. The number of hydrogen-bond donors (Lipinski definition) is 2. The van der Waals surface area contributed by atoms with Gasteiger partial charge in [-0.1, -0.05) is 0 Å². The number of nitrogens with one attached hydrogen (secondary N) is 2. The van der Waals surface area contributed by atoms with Crippen LogP contribution in [0.3, 0.4) is 0 Å². The summed E-state index contributed by atoms with van der Waals surface area (Å²) in [5.41, 5.74) is 0. The van der Waals surface area contributed by atoms with Crippen molar-refractivity contribution in [3.05, 3.63) is 0 Å². The molecule has 13 heavy (non-hydrogen) atoms. The molecule has 0 aromatic rings. The first-order chi connectivity index (χ1) is 6.25. The molecule has 2 aliphatic rings. The maximum Gasteiger partial charge on any atom is 0.315 e. The van der Waals surface area contributed by atoms with Gasteiger partial charge in [0.15, 0.2) is 0 Å². The van der Waals surface area contributed by atoms with Crippen molar-refractivity contribution in [2.75, 3.05) is 6.61 Å². The van der Waals surface area contributed by atoms with Gasteiger partial charge in [-0.3, -0.25) is 0 Å². The van der Waals surface area contributed by atoms with Crippen LogP contribution < -0.4 is 10.6 Å². The summed E-state index contributed by atoms with van der Waals surface area (Å²) in [5, 5.41) is 5.82. The normalized spacial score (nSPS) is 33.0. The predicted molar refractivity (Wildman–Crippen MR) is 48.5 cm³/mol. The van der Waals surface area contributed by atoms with E-state index in [9.17, 15) is 4.79 Å². The van der Waals surface area contributed by atoms with Crippen LogP contribution in [0.5, 0.6) is 0 Å². The number of hydrogen-bond acceptors (Lipinski definition) is 2. The Morgan fingerprint density at radius 3 is 2.62 bits per heavy atom. The molecule has 4 heteroatoms. The molecule has 1 aliphatic carbocycles. The second-order valence-electron chi connectivity index (χ2n) is 3.86. The number of ether oxygens (including phenoxy) is 1. The van der Waals surface area contributed by atoms with Crippen LogP contribution in [0.15, 0.2) is 0 Å². The van der Waals surface area contributed by atoms with Crippen molar-refractivity contribution in [3.63, 3.8) is 0 Å². The largest absolute Gasteiger partial charge is 0.376 e. The summed E-state index contributed by atoms with van der Waals surface area (Å²) in [6, 6.07) is 0.584. The Morgan fingerprint density at radius 2 is 2.08 bits per heavy atom. The van der Waals surface area contributed by atoms with E-state index in [0.29, 0.717) is 6.04 Å². The van der Waals surface area contributed by atoms with E-state index in [1.807, 2.05) is 6.92 Å². The van der Waals surface area contributed by atoms with Crippen LogP contribution in [0.25, 0.3) is 0 Å². The molecule has 0 aromatic heterocycles. The summed E-state index contributed by atoms with van der Waals surface area (Å²) in [5.74, 6) is 0. The quantitative estimate of drug-likeness (QED) is 0.661. The first kappa shape index (κ1) is 8.81. The number of carbonyl (C=O) groups excluding carboxylic acids is 1. The van der Waals surface area contributed by atoms with Gasteiger partial charge >= 0.3 is 6.03 Å². The van der Waals surface area contributed by atoms with Crippen molar-refractivity contribution in [2.24, 2.45) is 0 Å². The van der Waals surface area contributed by atoms with Gasteiger partial charge in [-0.25, -0.2) is 4.79 Å². The molecule has 1 aliphatic heterocycles. The molecular weight excluding hydrogens is 168 g/mol. The van der Waals surface area contributed by atoms with Crippen LogP contribution in [0.2, 0.25) is 0 Å². The van der Waals surface area contributed by atoms with E-state index in [-0.39, 0.29) is 18.2 Å². The zero-order valence-electron chi connectivity index (χ0n) is 7.88. The third kappa shape index (κ3) is 2.34. The Hall–Kier alpha value is -0.770. The minimum absolute atomic E-state index is 0.0372. The molecule has 2 atom stereocenters. The Labute approximate surface area is 78.0 Å². The predicted octanol–water partition coefficient (Wildman–Crippen LogP) is 0.625. The highest BCUT2D eigenvalue weighted by atomic mass is 16.5. The highest BCUT2D eigenvalue weighted by Crippen LogP contribution is 2.18. The summed E-state index contributed by atoms with van der Waals surface area (Å²) in [6.07, 6.45) is 3.35. The minimum atomic E-state index is -0.0372. The van der Waals surface area contributed by atoms with Crippen molar-refractivity contribution in [2.45, 2.75) is 44.4 Å². The Kier molecular flexibility index (Phi) is 2.40. The van der Waals surface area contributed by atoms with E-state index in [4.69, 9.17) is 4.74 Å². The van der Waals surface area contributed by atoms with Crippen LogP contribution in [-0.4, -0.2) is 30.8 Å². The first-order valence-corrected chi connectivity index (χ1v) is 4.94. The lowest BCUT2D eigenvalue weighted by Gasteiger charge is -2.16. The lowest BCUT2D eigenvalue weighted by molar-refractivity contribution is 0.114. The van der Waals surface area contributed by atoms with E-state index in [0.717, 1.165) is 25.9 Å². The van der Waals surface area contributed by atoms with Crippen molar-refractivity contribution >= 4 is 6.03 Å². The van der Waals surface area contributed by atoms with Gasteiger partial charge in [-0.15, -0.1) is 0 Å². The third-order valence-electron chi connectivity index (χ3n) is 2.61. The molecule has 1 saturated heterocycles. The molecule has 0 radical (unpaired) electrons. The van der Waals surface area contributed by atoms with Crippen LogP contribution >= 0.6 is 0 Å². The van der Waals surface area contributed by atoms with Crippen LogP contribution in [0.4, 0.5) is 4.79 Å². The van der Waals surface area contributed by atoms with Gasteiger partial charge in [-0.05, 0) is 26.2 Å². The van der Waals surface area contributed by atoms with Gasteiger partial charge in [0.25, 0.3) is 0 Å². The van der Waals surface area contributed by atoms with Gasteiger partial charge in [-0.2, -0.15) is 0 Å². The summed E-state index contributed by atoms with van der Waals surface area (Å²) < 4.78 is 5.34. The topological polar surface area (TPSA) is 50.4 Å². The second kappa shape index (κ2) is 3.54. The van der Waals surface area contributed by atoms with Crippen molar-refractivity contribution in [1.29, 1.82) is 0 Å². The molecule has 74 valence electrons. The number of carbonyl (C=O) groups is 1. The number of rotatable bonds is 2. The lowest BCUT2D eigenvalue weighted by Crippen LogP contribution is -2.45. The summed E-state index contributed by atoms with van der Waals surface area (Å²) >= 11 is 0. The Morgan fingerprint density at radius 1 is 1.31 bits per heavy atom. The molecule has 0 bridgehead atoms. The molecule has 0 spiro atoms. The van der Waals surface area contributed by atoms with Gasteiger partial charge in [0.05, 0.1) is 12.1 Å². The molecule has 2 fully saturated rings. The zero-order valence-corrected chi connectivity index (χ0v) is 7.88. The standard InChI is InChI=1S/C9H16N2O2/c1-6-8(4-5-13-6)11-9(12)10-7-2-3-7/h6-8H,2-5H2,1H3,(H2,10,11,12)/t6-,8-/m1/s1. The van der Waals surface area contributed by atoms with Crippen LogP contribution in [-0.2, 0) is 4.74 Å². The van der Waals surface area contributed by atoms with E-state index in [2.05, 4.69) is 10.6 Å². The average Bonchev–Trinajstić information content (AvgIpc) is 2.79. The van der Waals surface area contributed by atoms with Crippen molar-refractivity contribution < 1.29 is 9.53 Å². The van der Waals surface area contributed by atoms with E-state index < -0.39 is 0 Å². The third-order valence-corrected chi connectivity index (χ3v) is 2.61. The molecule has 2 N–H and O–H groups in total. The smallest absolute Gasteiger partial charge is 0.315 e. The van der Waals surface area contributed by atoms with Gasteiger partial charge in [0, 0.05) is 12.6 Å². The molecule has 2 amide bonds. The number of amides is 2. The monoisotopic (exact) mass is 184 g/mol. The molecule has 1 heterocycles. The van der Waals surface area contributed by atoms with Crippen LogP contribution in [0, 0.1) is 0 Å². The van der Waals surface area contributed by atoms with E-state index >= 15 is 0 Å². The van der Waals surface area contributed by atoms with Gasteiger partial charge in [0.2, 0.25) is 0 Å². The fourth-order valence-electron chi connectivity index (χ4n) is 1.54. The van der Waals surface area contributed by atoms with Crippen molar-refractivity contribution in [3.8, 4) is 0 Å². The minimum Gasteiger partial charge on any atom is -0.376 e. The number of urea groups is 1. The molecule has 4 nitrogen and oxygen atoms in total. The molecular formula is C9H16N2O2. The molecule has 2 rings (SSSR count). The fourth-order valence-corrected chi connectivity index (χ4v) is 1.54. The van der Waals surface area contributed by atoms with Gasteiger partial charge < -0.3 is 15.4 Å². The SMILES string of the molecule is C[C@H]1OCC[C@H]1NC(=O)NC1CC1. The van der Waals surface area contributed by atoms with E-state index in [1.54, 1.807) is 0 Å². The fraction of sp³-hybridized carbons (Fsp3) is 0.889. The highest BCUT2D eigenvalue weighted by Gasteiger charge is 2.28. The highest BCUT2D eigenvalue weighted by molar-refractivity contribution is 5.75. The summed E-state index contributed by atoms with van der Waals surface area (Å²) in [7, 11) is 0. The maximum atomic E-state index is 11.3. The maximum absolute atomic E-state index is 11.3.